The maximum Gasteiger partial charge on any atom is 0.257 e. The smallest absolute Gasteiger partial charge is 0.257 e. The van der Waals surface area contributed by atoms with Crippen molar-refractivity contribution in [1.29, 1.82) is 0 Å². The molecule has 2 aromatic carbocycles. The fourth-order valence-corrected chi connectivity index (χ4v) is 3.73. The first-order valence-corrected chi connectivity index (χ1v) is 10.2. The maximum atomic E-state index is 12.8. The molecule has 3 N–H and O–H groups in total. The minimum Gasteiger partial charge on any atom is -0.504 e. The second-order valence-corrected chi connectivity index (χ2v) is 8.00. The summed E-state index contributed by atoms with van der Waals surface area (Å²) in [6, 6.07) is 13.0. The zero-order valence-electron chi connectivity index (χ0n) is 16.8. The molecule has 0 atom stereocenters. The molecule has 0 radical (unpaired) electrons. The minimum absolute atomic E-state index is 0. The lowest BCUT2D eigenvalue weighted by atomic mass is 9.95. The zero-order chi connectivity index (χ0) is 20.1. The molecular weight excluding hydrogens is 409 g/mol. The van der Waals surface area contributed by atoms with Crippen molar-refractivity contribution in [2.75, 3.05) is 30.3 Å². The molecule has 0 spiro atoms. The van der Waals surface area contributed by atoms with E-state index in [2.05, 4.69) is 29.4 Å². The minimum atomic E-state index is -0.282. The standard InChI is InChI=1S/C22H28ClN3O2.ClH/c1-15(2)26-12-10-16(11-13-26)14-24-20-18(8-9-19(23)21(20)27)22(28)25-17-6-4-3-5-7-17;/h3-9,15-16,24,27H,10-14H2,1-2H3,(H,25,28);1H. The summed E-state index contributed by atoms with van der Waals surface area (Å²) >= 11 is 6.10. The maximum absolute atomic E-state index is 12.8. The van der Waals surface area contributed by atoms with Gasteiger partial charge in [-0.3, -0.25) is 4.79 Å². The van der Waals surface area contributed by atoms with Crippen LogP contribution in [-0.4, -0.2) is 41.6 Å². The average molecular weight is 438 g/mol. The topological polar surface area (TPSA) is 64.6 Å². The predicted molar refractivity (Wildman–Crippen MR) is 123 cm³/mol. The molecule has 0 bridgehead atoms. The van der Waals surface area contributed by atoms with E-state index in [1.54, 1.807) is 12.1 Å². The number of hydrogen-bond donors (Lipinski definition) is 3. The SMILES string of the molecule is CC(C)N1CCC(CNc2c(C(=O)Nc3ccccc3)ccc(Cl)c2O)CC1.Cl. The number of para-hydroxylation sites is 1. The molecule has 0 unspecified atom stereocenters. The van der Waals surface area contributed by atoms with Crippen molar-refractivity contribution in [3.63, 3.8) is 0 Å². The second-order valence-electron chi connectivity index (χ2n) is 7.59. The third-order valence-electron chi connectivity index (χ3n) is 5.35. The molecule has 158 valence electrons. The molecule has 1 heterocycles. The third-order valence-corrected chi connectivity index (χ3v) is 5.66. The number of amides is 1. The van der Waals surface area contributed by atoms with Crippen molar-refractivity contribution in [2.24, 2.45) is 5.92 Å². The van der Waals surface area contributed by atoms with Crippen molar-refractivity contribution >= 4 is 41.3 Å². The number of piperidine rings is 1. The number of carbonyl (C=O) groups excluding carboxylic acids is 1. The molecule has 1 saturated heterocycles. The Bertz CT molecular complexity index is 807. The number of anilines is 2. The number of carbonyl (C=O) groups is 1. The molecule has 1 aliphatic heterocycles. The Kier molecular flexibility index (Phi) is 8.62. The van der Waals surface area contributed by atoms with Gasteiger partial charge in [0.05, 0.1) is 16.3 Å². The number of phenols is 1. The number of nitrogens with one attached hydrogen (secondary N) is 2. The number of phenolic OH excluding ortho intramolecular Hbond substituents is 1. The third kappa shape index (κ3) is 6.01. The molecule has 1 amide bonds. The summed E-state index contributed by atoms with van der Waals surface area (Å²) in [5.74, 6) is 0.135. The van der Waals surface area contributed by atoms with Gasteiger partial charge in [-0.2, -0.15) is 0 Å². The van der Waals surface area contributed by atoms with E-state index in [1.165, 1.54) is 0 Å². The summed E-state index contributed by atoms with van der Waals surface area (Å²) < 4.78 is 0. The van der Waals surface area contributed by atoms with E-state index in [-0.39, 0.29) is 29.1 Å². The summed E-state index contributed by atoms with van der Waals surface area (Å²) in [5, 5.41) is 16.8. The molecule has 7 heteroatoms. The average Bonchev–Trinajstić information content (AvgIpc) is 2.70. The van der Waals surface area contributed by atoms with Gasteiger partial charge in [-0.05, 0) is 70.0 Å². The van der Waals surface area contributed by atoms with Crippen LogP contribution in [0.5, 0.6) is 5.75 Å². The highest BCUT2D eigenvalue weighted by Crippen LogP contribution is 2.36. The molecule has 0 aromatic heterocycles. The molecule has 5 nitrogen and oxygen atoms in total. The molecule has 1 aliphatic rings. The van der Waals surface area contributed by atoms with Crippen LogP contribution in [0.2, 0.25) is 5.02 Å². The van der Waals surface area contributed by atoms with Crippen molar-refractivity contribution in [3.8, 4) is 5.75 Å². The first-order valence-electron chi connectivity index (χ1n) is 9.81. The van der Waals surface area contributed by atoms with Gasteiger partial charge in [-0.1, -0.05) is 29.8 Å². The molecular formula is C22H29Cl2N3O2. The lowest BCUT2D eigenvalue weighted by Gasteiger charge is -2.34. The van der Waals surface area contributed by atoms with Crippen LogP contribution >= 0.6 is 24.0 Å². The first kappa shape index (κ1) is 23.3. The number of likely N-dealkylation sites (tertiary alicyclic amines) is 1. The van der Waals surface area contributed by atoms with Crippen molar-refractivity contribution in [3.05, 3.63) is 53.1 Å². The largest absolute Gasteiger partial charge is 0.504 e. The molecule has 2 aromatic rings. The van der Waals surface area contributed by atoms with Crippen LogP contribution in [0.3, 0.4) is 0 Å². The second kappa shape index (κ2) is 10.7. The van der Waals surface area contributed by atoms with Gasteiger partial charge in [0.15, 0.2) is 5.75 Å². The highest BCUT2D eigenvalue weighted by atomic mass is 35.5. The highest BCUT2D eigenvalue weighted by molar-refractivity contribution is 6.33. The number of hydrogen-bond acceptors (Lipinski definition) is 4. The molecule has 29 heavy (non-hydrogen) atoms. The van der Waals surface area contributed by atoms with Gasteiger partial charge >= 0.3 is 0 Å². The van der Waals surface area contributed by atoms with Crippen LogP contribution in [0.25, 0.3) is 0 Å². The first-order chi connectivity index (χ1) is 13.5. The van der Waals surface area contributed by atoms with Crippen molar-refractivity contribution in [2.45, 2.75) is 32.7 Å². The van der Waals surface area contributed by atoms with E-state index < -0.39 is 0 Å². The van der Waals surface area contributed by atoms with Gasteiger partial charge in [-0.25, -0.2) is 0 Å². The van der Waals surface area contributed by atoms with E-state index >= 15 is 0 Å². The van der Waals surface area contributed by atoms with Crippen LogP contribution in [0.1, 0.15) is 37.0 Å². The number of rotatable bonds is 6. The Morgan fingerprint density at radius 3 is 2.45 bits per heavy atom. The summed E-state index contributed by atoms with van der Waals surface area (Å²) in [5.41, 5.74) is 1.48. The van der Waals surface area contributed by atoms with Gasteiger partial charge in [0, 0.05) is 18.3 Å². The van der Waals surface area contributed by atoms with Gasteiger partial charge in [0.2, 0.25) is 0 Å². The Labute approximate surface area is 183 Å². The van der Waals surface area contributed by atoms with Gasteiger partial charge in [0.1, 0.15) is 0 Å². The Hall–Kier alpha value is -1.95. The number of halogens is 2. The zero-order valence-corrected chi connectivity index (χ0v) is 18.4. The van der Waals surface area contributed by atoms with E-state index in [0.717, 1.165) is 25.9 Å². The van der Waals surface area contributed by atoms with E-state index in [0.29, 0.717) is 35.4 Å². The van der Waals surface area contributed by atoms with Gasteiger partial charge in [0.25, 0.3) is 5.91 Å². The highest BCUT2D eigenvalue weighted by Gasteiger charge is 2.23. The van der Waals surface area contributed by atoms with Crippen LogP contribution in [0.4, 0.5) is 11.4 Å². The Morgan fingerprint density at radius 2 is 1.83 bits per heavy atom. The monoisotopic (exact) mass is 437 g/mol. The van der Waals surface area contributed by atoms with E-state index in [4.69, 9.17) is 11.6 Å². The normalized spacial score (nSPS) is 15.0. The lowest BCUT2D eigenvalue weighted by molar-refractivity contribution is 0.102. The number of benzene rings is 2. The Morgan fingerprint density at radius 1 is 1.17 bits per heavy atom. The lowest BCUT2D eigenvalue weighted by Crippen LogP contribution is -2.39. The van der Waals surface area contributed by atoms with E-state index in [9.17, 15) is 9.90 Å². The van der Waals surface area contributed by atoms with Crippen LogP contribution < -0.4 is 10.6 Å². The molecule has 0 saturated carbocycles. The van der Waals surface area contributed by atoms with E-state index in [1.807, 2.05) is 30.3 Å². The van der Waals surface area contributed by atoms with Gasteiger partial charge in [-0.15, -0.1) is 12.4 Å². The predicted octanol–water partition coefficient (Wildman–Crippen LogP) is 5.25. The quantitative estimate of drug-likeness (QED) is 0.539. The molecule has 0 aliphatic carbocycles. The fraction of sp³-hybridized carbons (Fsp3) is 0.409. The fourth-order valence-electron chi connectivity index (χ4n) is 3.57. The van der Waals surface area contributed by atoms with Crippen molar-refractivity contribution < 1.29 is 9.90 Å². The Balaban J connectivity index is 0.00000300. The van der Waals surface area contributed by atoms with Gasteiger partial charge < -0.3 is 20.6 Å². The summed E-state index contributed by atoms with van der Waals surface area (Å²) in [7, 11) is 0. The molecule has 3 rings (SSSR count). The van der Waals surface area contributed by atoms with Crippen LogP contribution in [0.15, 0.2) is 42.5 Å². The van der Waals surface area contributed by atoms with Crippen LogP contribution in [0, 0.1) is 5.92 Å². The summed E-state index contributed by atoms with van der Waals surface area (Å²) in [6.45, 7) is 7.30. The molecule has 1 fully saturated rings. The summed E-state index contributed by atoms with van der Waals surface area (Å²) in [4.78, 5) is 15.2. The van der Waals surface area contributed by atoms with Crippen molar-refractivity contribution in [1.82, 2.24) is 4.90 Å². The number of nitrogens with zero attached hydrogens (tertiary/aromatic N) is 1. The summed E-state index contributed by atoms with van der Waals surface area (Å²) in [6.07, 6.45) is 2.19. The van der Waals surface area contributed by atoms with Crippen LogP contribution in [-0.2, 0) is 0 Å². The number of aromatic hydroxyl groups is 1.